The lowest BCUT2D eigenvalue weighted by atomic mass is 10.1. The largest absolute Gasteiger partial charge is 0.529 e. The predicted octanol–water partition coefficient (Wildman–Crippen LogP) is 3.91. The van der Waals surface area contributed by atoms with Gasteiger partial charge >= 0.3 is 14.8 Å². The maximum absolute atomic E-state index is 14.9. The van der Waals surface area contributed by atoms with E-state index in [-0.39, 0.29) is 39.2 Å². The van der Waals surface area contributed by atoms with Crippen molar-refractivity contribution in [3.8, 4) is 17.1 Å². The first-order chi connectivity index (χ1) is 15.8. The summed E-state index contributed by atoms with van der Waals surface area (Å²) in [6, 6.07) is 2.79. The van der Waals surface area contributed by atoms with Crippen molar-refractivity contribution < 1.29 is 31.9 Å². The minimum Gasteiger partial charge on any atom is -0.492 e. The van der Waals surface area contributed by atoms with E-state index in [9.17, 15) is 9.18 Å². The lowest BCUT2D eigenvalue weighted by molar-refractivity contribution is 0.0593. The number of anilines is 1. The highest BCUT2D eigenvalue weighted by Gasteiger charge is 2.38. The molecule has 2 rings (SSSR count). The zero-order valence-electron chi connectivity index (χ0n) is 19.1. The molecule has 0 fully saturated rings. The van der Waals surface area contributed by atoms with Gasteiger partial charge in [-0.1, -0.05) is 11.6 Å². The van der Waals surface area contributed by atoms with Crippen LogP contribution in [0.15, 0.2) is 17.8 Å². The van der Waals surface area contributed by atoms with Gasteiger partial charge in [0.2, 0.25) is 0 Å². The summed E-state index contributed by atoms with van der Waals surface area (Å²) in [5, 5.41) is 0.0727. The first-order valence-corrected chi connectivity index (χ1v) is 12.3. The Labute approximate surface area is 198 Å². The fourth-order valence-electron chi connectivity index (χ4n) is 2.97. The molecule has 0 amide bonds. The third-order valence-corrected chi connectivity index (χ3v) is 7.28. The topological polar surface area (TPSA) is 115 Å². The Morgan fingerprint density at radius 3 is 2.24 bits per heavy atom. The van der Waals surface area contributed by atoms with Crippen LogP contribution in [0.5, 0.6) is 5.75 Å². The number of carbonyl (C=O) groups excluding carboxylic acids is 1. The number of hydrogen-bond donors (Lipinski definition) is 1. The standard InChI is InChI=1S/C21H27ClFN3O6Si/c1-6-30-33(31-7-2,32-8-3)12-11-14-17(21(27)29-5)25-20(26-19(14)24)13-9-10-15(22)18(28-4)16(13)23/h9-12H,6-8H2,1-5H3,(H2,24,25,26)/b12-11+. The maximum Gasteiger partial charge on any atom is 0.529 e. The molecule has 0 saturated heterocycles. The van der Waals surface area contributed by atoms with E-state index in [1.807, 2.05) is 20.8 Å². The van der Waals surface area contributed by atoms with Gasteiger partial charge in [0, 0.05) is 25.4 Å². The number of hydrogen-bond acceptors (Lipinski definition) is 9. The van der Waals surface area contributed by atoms with Crippen LogP contribution in [-0.4, -0.2) is 58.8 Å². The maximum atomic E-state index is 14.9. The zero-order valence-corrected chi connectivity index (χ0v) is 20.9. The van der Waals surface area contributed by atoms with Crippen LogP contribution >= 0.6 is 11.6 Å². The number of nitrogens with two attached hydrogens (primary N) is 1. The summed E-state index contributed by atoms with van der Waals surface area (Å²) in [5.74, 6) is -1.99. The van der Waals surface area contributed by atoms with E-state index in [1.54, 1.807) is 5.70 Å². The lowest BCUT2D eigenvalue weighted by Gasteiger charge is -2.25. The van der Waals surface area contributed by atoms with Gasteiger partial charge in [0.05, 0.1) is 24.8 Å². The van der Waals surface area contributed by atoms with Crippen molar-refractivity contribution in [2.24, 2.45) is 0 Å². The molecule has 9 nitrogen and oxygen atoms in total. The van der Waals surface area contributed by atoms with Gasteiger partial charge < -0.3 is 28.5 Å². The number of carbonyl (C=O) groups is 1. The molecule has 12 heteroatoms. The molecule has 180 valence electrons. The summed E-state index contributed by atoms with van der Waals surface area (Å²) >= 11 is 5.97. The number of methoxy groups -OCH3 is 2. The van der Waals surface area contributed by atoms with E-state index < -0.39 is 20.6 Å². The van der Waals surface area contributed by atoms with E-state index in [2.05, 4.69) is 9.97 Å². The summed E-state index contributed by atoms with van der Waals surface area (Å²) < 4.78 is 42.1. The minimum atomic E-state index is -3.21. The minimum absolute atomic E-state index is 0.0506. The molecule has 0 aliphatic carbocycles. The van der Waals surface area contributed by atoms with Crippen molar-refractivity contribution in [2.75, 3.05) is 39.8 Å². The highest BCUT2D eigenvalue weighted by molar-refractivity contribution is 6.67. The smallest absolute Gasteiger partial charge is 0.492 e. The molecule has 2 N–H and O–H groups in total. The van der Waals surface area contributed by atoms with E-state index >= 15 is 0 Å². The van der Waals surface area contributed by atoms with Gasteiger partial charge in [-0.05, 0) is 44.7 Å². The molecule has 1 aromatic heterocycles. The molecular weight excluding hydrogens is 473 g/mol. The number of benzene rings is 1. The summed E-state index contributed by atoms with van der Waals surface area (Å²) in [5.41, 5.74) is 7.69. The Bertz CT molecular complexity index is 1010. The SMILES string of the molecule is CCO[Si](/C=C/c1c(N)nc(-c2ccc(Cl)c(OC)c2F)nc1C(=O)OC)(OCC)OCC. The second-order valence-electron chi connectivity index (χ2n) is 6.36. The number of esters is 1. The van der Waals surface area contributed by atoms with Gasteiger partial charge in [0.1, 0.15) is 5.82 Å². The summed E-state index contributed by atoms with van der Waals surface area (Å²) in [6.45, 7) is 6.49. The van der Waals surface area contributed by atoms with Gasteiger partial charge in [-0.2, -0.15) is 0 Å². The first-order valence-electron chi connectivity index (χ1n) is 10.2. The average molecular weight is 500 g/mol. The molecular formula is C21H27ClFN3O6Si. The molecule has 0 aliphatic heterocycles. The number of nitrogen functional groups attached to an aromatic ring is 1. The highest BCUT2D eigenvalue weighted by Crippen LogP contribution is 2.34. The van der Waals surface area contributed by atoms with E-state index in [0.29, 0.717) is 19.8 Å². The van der Waals surface area contributed by atoms with Gasteiger partial charge in [0.15, 0.2) is 23.1 Å². The van der Waals surface area contributed by atoms with Crippen LogP contribution < -0.4 is 10.5 Å². The highest BCUT2D eigenvalue weighted by atomic mass is 35.5. The van der Waals surface area contributed by atoms with Crippen LogP contribution in [0.2, 0.25) is 5.02 Å². The Kier molecular flexibility index (Phi) is 9.74. The Hall–Kier alpha value is -2.57. The van der Waals surface area contributed by atoms with Crippen molar-refractivity contribution >= 4 is 38.3 Å². The van der Waals surface area contributed by atoms with Crippen molar-refractivity contribution in [3.63, 3.8) is 0 Å². The molecule has 0 atom stereocenters. The van der Waals surface area contributed by atoms with Crippen molar-refractivity contribution in [1.82, 2.24) is 9.97 Å². The Morgan fingerprint density at radius 1 is 1.12 bits per heavy atom. The predicted molar refractivity (Wildman–Crippen MR) is 124 cm³/mol. The van der Waals surface area contributed by atoms with E-state index in [4.69, 9.17) is 40.1 Å². The fraction of sp³-hybridized carbons (Fsp3) is 0.381. The van der Waals surface area contributed by atoms with Crippen LogP contribution in [-0.2, 0) is 18.0 Å². The van der Waals surface area contributed by atoms with Crippen LogP contribution in [0, 0.1) is 5.82 Å². The molecule has 2 aromatic rings. The first kappa shape index (κ1) is 26.7. The third-order valence-electron chi connectivity index (χ3n) is 4.34. The molecule has 33 heavy (non-hydrogen) atoms. The van der Waals surface area contributed by atoms with E-state index in [1.165, 1.54) is 32.4 Å². The summed E-state index contributed by atoms with van der Waals surface area (Å²) in [6.07, 6.45) is 1.50. The van der Waals surface area contributed by atoms with Crippen molar-refractivity contribution in [2.45, 2.75) is 20.8 Å². The molecule has 0 unspecified atom stereocenters. The Morgan fingerprint density at radius 2 is 1.73 bits per heavy atom. The molecule has 0 spiro atoms. The Balaban J connectivity index is 2.66. The van der Waals surface area contributed by atoms with Crippen molar-refractivity contribution in [3.05, 3.63) is 39.9 Å². The quantitative estimate of drug-likeness (QED) is 0.362. The van der Waals surface area contributed by atoms with Gasteiger partial charge in [0.25, 0.3) is 0 Å². The summed E-state index contributed by atoms with van der Waals surface area (Å²) in [4.78, 5) is 20.9. The number of nitrogens with zero attached hydrogens (tertiary/aromatic N) is 2. The van der Waals surface area contributed by atoms with E-state index in [0.717, 1.165) is 0 Å². The lowest BCUT2D eigenvalue weighted by Crippen LogP contribution is -2.44. The summed E-state index contributed by atoms with van der Waals surface area (Å²) in [7, 11) is -0.735. The molecule has 0 saturated carbocycles. The van der Waals surface area contributed by atoms with Crippen molar-refractivity contribution in [1.29, 1.82) is 0 Å². The monoisotopic (exact) mass is 499 g/mol. The number of ether oxygens (including phenoxy) is 2. The van der Waals surface area contributed by atoms with Crippen LogP contribution in [0.25, 0.3) is 17.5 Å². The molecule has 1 aromatic carbocycles. The van der Waals surface area contributed by atoms with Crippen LogP contribution in [0.4, 0.5) is 10.2 Å². The number of halogens is 2. The zero-order chi connectivity index (χ0) is 24.6. The molecule has 0 bridgehead atoms. The second kappa shape index (κ2) is 12.0. The fourth-order valence-corrected chi connectivity index (χ4v) is 5.31. The number of aromatic nitrogens is 2. The van der Waals surface area contributed by atoms with Crippen LogP contribution in [0.3, 0.4) is 0 Å². The normalized spacial score (nSPS) is 11.7. The van der Waals surface area contributed by atoms with Gasteiger partial charge in [-0.3, -0.25) is 0 Å². The van der Waals surface area contributed by atoms with Gasteiger partial charge in [-0.15, -0.1) is 0 Å². The van der Waals surface area contributed by atoms with Crippen LogP contribution in [0.1, 0.15) is 36.8 Å². The molecule has 0 aliphatic rings. The third kappa shape index (κ3) is 6.06. The molecule has 0 radical (unpaired) electrons. The average Bonchev–Trinajstić information content (AvgIpc) is 2.78. The second-order valence-corrected chi connectivity index (χ2v) is 9.18. The molecule has 1 heterocycles. The number of rotatable bonds is 11. The van der Waals surface area contributed by atoms with Gasteiger partial charge in [-0.25, -0.2) is 19.2 Å².